The quantitative estimate of drug-likeness (QED) is 0.612. The molecule has 3 radical (unpaired) electrons. The average molecular weight is 294 g/mol. The summed E-state index contributed by atoms with van der Waals surface area (Å²) in [6.07, 6.45) is 0. The third-order valence-corrected chi connectivity index (χ3v) is 2.30. The third-order valence-electron chi connectivity index (χ3n) is 0.521. The summed E-state index contributed by atoms with van der Waals surface area (Å²) in [6.45, 7) is 5.79. The Kier molecular flexibility index (Phi) is 32.5. The molecule has 0 aliphatic rings. The zero-order valence-electron chi connectivity index (χ0n) is 9.60. The summed E-state index contributed by atoms with van der Waals surface area (Å²) in [5.41, 5.74) is 0. The summed E-state index contributed by atoms with van der Waals surface area (Å²) in [7, 11) is 0. The van der Waals surface area contributed by atoms with Crippen LogP contribution in [0.25, 0.3) is 0 Å². The molecule has 0 fully saturated rings. The van der Waals surface area contributed by atoms with E-state index in [1.54, 1.807) is 32.1 Å². The summed E-state index contributed by atoms with van der Waals surface area (Å²) in [5, 5.41) is 24.8. The zero-order valence-corrected chi connectivity index (χ0v) is 12.5. The standard InChI is InChI=1S/C4H3GeS.3C2H6O/c5-4-2-1-3-6-4;3*1-2-3/h1-3H;3*3H,2H2,1H3. The van der Waals surface area contributed by atoms with Gasteiger partial charge in [-0.15, -0.1) is 0 Å². The molecule has 0 spiro atoms. The van der Waals surface area contributed by atoms with Gasteiger partial charge in [0.05, 0.1) is 0 Å². The van der Waals surface area contributed by atoms with E-state index in [9.17, 15) is 0 Å². The molecule has 5 heteroatoms. The van der Waals surface area contributed by atoms with Crippen LogP contribution in [0.1, 0.15) is 20.8 Å². The second-order valence-electron chi connectivity index (χ2n) is 1.93. The van der Waals surface area contributed by atoms with E-state index < -0.39 is 0 Å². The fraction of sp³-hybridized carbons (Fsp3) is 0.600. The maximum atomic E-state index is 7.57. The van der Waals surface area contributed by atoms with Crippen molar-refractivity contribution in [2.75, 3.05) is 19.8 Å². The topological polar surface area (TPSA) is 60.7 Å². The Hall–Kier alpha value is 0.123. The Labute approximate surface area is 105 Å². The molecule has 1 rings (SSSR count). The SMILES string of the molecule is CCO.CCO.CCO.[Ge][c]1cccs1. The molecule has 0 amide bonds. The van der Waals surface area contributed by atoms with Crippen molar-refractivity contribution < 1.29 is 15.3 Å². The average Bonchev–Trinajstić information content (AvgIpc) is 2.60. The first-order valence-corrected chi connectivity index (χ1v) is 6.64. The van der Waals surface area contributed by atoms with E-state index in [2.05, 4.69) is 34.0 Å². The Bertz CT molecular complexity index is 153. The van der Waals surface area contributed by atoms with E-state index in [0.717, 1.165) is 0 Å². The number of hydrogen-bond acceptors (Lipinski definition) is 4. The van der Waals surface area contributed by atoms with Crippen LogP contribution in [0.2, 0.25) is 0 Å². The molecule has 1 aromatic heterocycles. The van der Waals surface area contributed by atoms with Crippen LogP contribution in [0, 0.1) is 0 Å². The first-order chi connectivity index (χ1) is 7.14. The molecule has 0 aromatic carbocycles. The number of aliphatic hydroxyl groups is 3. The molecule has 0 unspecified atom stereocenters. The number of thiophene rings is 1. The van der Waals surface area contributed by atoms with Crippen LogP contribution < -0.4 is 3.71 Å². The van der Waals surface area contributed by atoms with Gasteiger partial charge in [-0.1, -0.05) is 0 Å². The van der Waals surface area contributed by atoms with E-state index in [-0.39, 0.29) is 19.8 Å². The van der Waals surface area contributed by atoms with Gasteiger partial charge in [0.2, 0.25) is 0 Å². The van der Waals surface area contributed by atoms with E-state index in [4.69, 9.17) is 15.3 Å². The van der Waals surface area contributed by atoms with Gasteiger partial charge in [-0.3, -0.25) is 0 Å². The maximum absolute atomic E-state index is 7.57. The van der Waals surface area contributed by atoms with Gasteiger partial charge in [0, 0.05) is 19.8 Å². The molecule has 1 aromatic rings. The molecule has 3 N–H and O–H groups in total. The molecule has 1 heterocycles. The Balaban J connectivity index is -0.000000140. The molecule has 0 atom stereocenters. The second kappa shape index (κ2) is 23.7. The molecule has 15 heavy (non-hydrogen) atoms. The van der Waals surface area contributed by atoms with Crippen molar-refractivity contribution in [3.63, 3.8) is 0 Å². The van der Waals surface area contributed by atoms with Crippen LogP contribution in [0.4, 0.5) is 0 Å². The zero-order chi connectivity index (χ0) is 12.5. The van der Waals surface area contributed by atoms with Crippen molar-refractivity contribution in [2.24, 2.45) is 0 Å². The van der Waals surface area contributed by atoms with Gasteiger partial charge in [-0.05, 0) is 20.8 Å². The van der Waals surface area contributed by atoms with Crippen molar-refractivity contribution in [1.82, 2.24) is 0 Å². The second-order valence-corrected chi connectivity index (χ2v) is 4.76. The van der Waals surface area contributed by atoms with Crippen LogP contribution in [0.15, 0.2) is 17.5 Å². The minimum absolute atomic E-state index is 0.250. The Morgan fingerprint density at radius 2 is 1.40 bits per heavy atom. The van der Waals surface area contributed by atoms with E-state index in [1.807, 2.05) is 0 Å². The van der Waals surface area contributed by atoms with Gasteiger partial charge in [0.1, 0.15) is 0 Å². The van der Waals surface area contributed by atoms with Crippen LogP contribution in [0.5, 0.6) is 0 Å². The summed E-state index contributed by atoms with van der Waals surface area (Å²) in [5.74, 6) is 0. The number of rotatable bonds is 0. The molecular weight excluding hydrogens is 273 g/mol. The number of hydrogen-bond donors (Lipinski definition) is 3. The van der Waals surface area contributed by atoms with Gasteiger partial charge in [0.25, 0.3) is 0 Å². The fourth-order valence-corrected chi connectivity index (χ4v) is 1.37. The molecule has 0 saturated heterocycles. The van der Waals surface area contributed by atoms with Gasteiger partial charge >= 0.3 is 49.1 Å². The molecule has 0 bridgehead atoms. The first-order valence-electron chi connectivity index (χ1n) is 4.72. The molecule has 3 nitrogen and oxygen atoms in total. The molecular formula is C10H21GeO3S. The van der Waals surface area contributed by atoms with Gasteiger partial charge in [0.15, 0.2) is 0 Å². The molecule has 0 aliphatic carbocycles. The van der Waals surface area contributed by atoms with Gasteiger partial charge in [-0.25, -0.2) is 0 Å². The van der Waals surface area contributed by atoms with E-state index >= 15 is 0 Å². The summed E-state index contributed by atoms with van der Waals surface area (Å²) in [4.78, 5) is 0. The van der Waals surface area contributed by atoms with Crippen molar-refractivity contribution in [1.29, 1.82) is 0 Å². The van der Waals surface area contributed by atoms with E-state index in [1.165, 1.54) is 3.71 Å². The third kappa shape index (κ3) is 40.9. The van der Waals surface area contributed by atoms with Crippen molar-refractivity contribution in [3.8, 4) is 0 Å². The van der Waals surface area contributed by atoms with E-state index in [0.29, 0.717) is 0 Å². The Morgan fingerprint density at radius 1 is 1.07 bits per heavy atom. The van der Waals surface area contributed by atoms with Crippen molar-refractivity contribution >= 4 is 31.6 Å². The fourth-order valence-electron chi connectivity index (χ4n) is 0.279. The predicted octanol–water partition coefficient (Wildman–Crippen LogP) is 0.538. The van der Waals surface area contributed by atoms with Crippen LogP contribution >= 0.6 is 11.3 Å². The summed E-state index contributed by atoms with van der Waals surface area (Å²) >= 11 is 3.88. The van der Waals surface area contributed by atoms with Gasteiger partial charge < -0.3 is 15.3 Å². The number of aliphatic hydroxyl groups excluding tert-OH is 3. The first kappa shape index (κ1) is 20.5. The van der Waals surface area contributed by atoms with Crippen LogP contribution in [-0.4, -0.2) is 51.7 Å². The summed E-state index contributed by atoms with van der Waals surface area (Å²) < 4.78 is 1.38. The van der Waals surface area contributed by atoms with Crippen LogP contribution in [0.3, 0.4) is 0 Å². The molecule has 0 saturated carbocycles. The van der Waals surface area contributed by atoms with Gasteiger partial charge in [-0.2, -0.15) is 0 Å². The Morgan fingerprint density at radius 3 is 1.47 bits per heavy atom. The van der Waals surface area contributed by atoms with Crippen molar-refractivity contribution in [3.05, 3.63) is 17.5 Å². The normalized spacial score (nSPS) is 7.13. The monoisotopic (exact) mass is 295 g/mol. The summed E-state index contributed by atoms with van der Waals surface area (Å²) in [6, 6.07) is 4.16. The minimum atomic E-state index is 0.250. The van der Waals surface area contributed by atoms with Crippen molar-refractivity contribution in [2.45, 2.75) is 20.8 Å². The van der Waals surface area contributed by atoms with Crippen LogP contribution in [-0.2, 0) is 0 Å². The molecule has 89 valence electrons. The molecule has 0 aliphatic heterocycles. The predicted molar refractivity (Wildman–Crippen MR) is 68.0 cm³/mol.